The van der Waals surface area contributed by atoms with E-state index in [-0.39, 0.29) is 11.5 Å². The van der Waals surface area contributed by atoms with Crippen LogP contribution >= 0.6 is 0 Å². The van der Waals surface area contributed by atoms with Gasteiger partial charge < -0.3 is 14.2 Å². The lowest BCUT2D eigenvalue weighted by atomic mass is 9.88. The van der Waals surface area contributed by atoms with Crippen molar-refractivity contribution in [2.45, 2.75) is 115 Å². The van der Waals surface area contributed by atoms with Crippen LogP contribution in [0.5, 0.6) is 0 Å². The molecule has 0 heterocycles. The molecular formula is C20H36O3. The van der Waals surface area contributed by atoms with Crippen LogP contribution < -0.4 is 0 Å². The Morgan fingerprint density at radius 2 is 1.17 bits per heavy atom. The van der Waals surface area contributed by atoms with E-state index in [1.807, 2.05) is 7.11 Å². The van der Waals surface area contributed by atoms with Gasteiger partial charge in [-0.1, -0.05) is 52.4 Å². The highest BCUT2D eigenvalue weighted by atomic mass is 16.7. The smallest absolute Gasteiger partial charge is 0.195 e. The molecule has 3 nitrogen and oxygen atoms in total. The minimum atomic E-state index is -0.512. The standard InChI is InChI=1S/C20H36O3/c1-19(2)14-15-20(18(19)21-3,22-16-10-6-4-7-11-16)23-17-12-8-5-9-13-17/h16-18H,4-15H2,1-3H3. The van der Waals surface area contributed by atoms with Crippen LogP contribution in [0.15, 0.2) is 0 Å². The fourth-order valence-electron chi connectivity index (χ4n) is 5.05. The minimum Gasteiger partial charge on any atom is -0.375 e. The number of hydrogen-bond acceptors (Lipinski definition) is 3. The van der Waals surface area contributed by atoms with E-state index in [0.29, 0.717) is 12.2 Å². The summed E-state index contributed by atoms with van der Waals surface area (Å²) in [5.41, 5.74) is 0.123. The van der Waals surface area contributed by atoms with Gasteiger partial charge in [0.25, 0.3) is 0 Å². The number of rotatable bonds is 5. The maximum absolute atomic E-state index is 6.73. The molecule has 3 aliphatic carbocycles. The second kappa shape index (κ2) is 7.41. The Kier molecular flexibility index (Phi) is 5.70. The Labute approximate surface area is 142 Å². The zero-order chi connectivity index (χ0) is 16.3. The van der Waals surface area contributed by atoms with Crippen LogP contribution in [0.25, 0.3) is 0 Å². The van der Waals surface area contributed by atoms with Crippen LogP contribution in [-0.4, -0.2) is 31.2 Å². The number of methoxy groups -OCH3 is 1. The van der Waals surface area contributed by atoms with Gasteiger partial charge in [0.05, 0.1) is 12.2 Å². The molecule has 0 aromatic rings. The third-order valence-electron chi connectivity index (χ3n) is 6.30. The summed E-state index contributed by atoms with van der Waals surface area (Å²) in [6.07, 6.45) is 15.5. The maximum atomic E-state index is 6.73. The van der Waals surface area contributed by atoms with Crippen molar-refractivity contribution in [1.82, 2.24) is 0 Å². The first-order chi connectivity index (χ1) is 11.1. The highest BCUT2D eigenvalue weighted by molar-refractivity contribution is 5.00. The maximum Gasteiger partial charge on any atom is 0.195 e. The third-order valence-corrected chi connectivity index (χ3v) is 6.30. The number of hydrogen-bond donors (Lipinski definition) is 0. The van der Waals surface area contributed by atoms with Crippen molar-refractivity contribution in [3.8, 4) is 0 Å². The van der Waals surface area contributed by atoms with Gasteiger partial charge in [-0.15, -0.1) is 0 Å². The van der Waals surface area contributed by atoms with Crippen molar-refractivity contribution in [2.75, 3.05) is 7.11 Å². The summed E-state index contributed by atoms with van der Waals surface area (Å²) in [6, 6.07) is 0. The van der Waals surface area contributed by atoms with Crippen LogP contribution in [0.2, 0.25) is 0 Å². The summed E-state index contributed by atoms with van der Waals surface area (Å²) in [5, 5.41) is 0. The topological polar surface area (TPSA) is 27.7 Å². The largest absolute Gasteiger partial charge is 0.375 e. The fourth-order valence-corrected chi connectivity index (χ4v) is 5.05. The first-order valence-electron chi connectivity index (χ1n) is 9.94. The van der Waals surface area contributed by atoms with Crippen molar-refractivity contribution < 1.29 is 14.2 Å². The molecule has 3 aliphatic rings. The monoisotopic (exact) mass is 324 g/mol. The summed E-state index contributed by atoms with van der Waals surface area (Å²) < 4.78 is 19.4. The average Bonchev–Trinajstić information content (AvgIpc) is 2.79. The molecule has 0 amide bonds. The molecular weight excluding hydrogens is 288 g/mol. The Balaban J connectivity index is 1.76. The van der Waals surface area contributed by atoms with Crippen molar-refractivity contribution in [1.29, 1.82) is 0 Å². The molecule has 3 fully saturated rings. The molecule has 0 aliphatic heterocycles. The van der Waals surface area contributed by atoms with E-state index in [4.69, 9.17) is 14.2 Å². The molecule has 0 saturated heterocycles. The van der Waals surface area contributed by atoms with Gasteiger partial charge in [-0.2, -0.15) is 0 Å². The zero-order valence-corrected chi connectivity index (χ0v) is 15.4. The van der Waals surface area contributed by atoms with Crippen LogP contribution in [-0.2, 0) is 14.2 Å². The van der Waals surface area contributed by atoms with E-state index in [1.165, 1.54) is 64.2 Å². The molecule has 0 spiro atoms. The molecule has 3 heteroatoms. The highest BCUT2D eigenvalue weighted by Crippen LogP contribution is 2.50. The van der Waals surface area contributed by atoms with Gasteiger partial charge in [0.15, 0.2) is 5.79 Å². The second-order valence-corrected chi connectivity index (χ2v) is 8.67. The first kappa shape index (κ1) is 17.7. The molecule has 1 unspecified atom stereocenters. The van der Waals surface area contributed by atoms with Crippen molar-refractivity contribution in [2.24, 2.45) is 5.41 Å². The summed E-state index contributed by atoms with van der Waals surface area (Å²) >= 11 is 0. The lowest BCUT2D eigenvalue weighted by Gasteiger charge is -2.44. The van der Waals surface area contributed by atoms with E-state index in [1.54, 1.807) is 0 Å². The normalized spacial score (nSPS) is 32.2. The van der Waals surface area contributed by atoms with E-state index in [2.05, 4.69) is 13.8 Å². The molecule has 0 radical (unpaired) electrons. The Morgan fingerprint density at radius 3 is 1.61 bits per heavy atom. The number of ether oxygens (including phenoxy) is 3. The van der Waals surface area contributed by atoms with Crippen molar-refractivity contribution in [3.05, 3.63) is 0 Å². The quantitative estimate of drug-likeness (QED) is 0.649. The first-order valence-corrected chi connectivity index (χ1v) is 9.94. The second-order valence-electron chi connectivity index (χ2n) is 8.67. The van der Waals surface area contributed by atoms with Crippen LogP contribution in [0.1, 0.15) is 90.9 Å². The van der Waals surface area contributed by atoms with E-state index >= 15 is 0 Å². The van der Waals surface area contributed by atoms with E-state index < -0.39 is 5.79 Å². The van der Waals surface area contributed by atoms with Crippen LogP contribution in [0.3, 0.4) is 0 Å². The van der Waals surface area contributed by atoms with Gasteiger partial charge in [0.1, 0.15) is 6.10 Å². The van der Waals surface area contributed by atoms with Gasteiger partial charge in [0, 0.05) is 13.5 Å². The Hall–Kier alpha value is -0.120. The molecule has 23 heavy (non-hydrogen) atoms. The van der Waals surface area contributed by atoms with Gasteiger partial charge in [-0.3, -0.25) is 0 Å². The van der Waals surface area contributed by atoms with Crippen LogP contribution in [0, 0.1) is 5.41 Å². The van der Waals surface area contributed by atoms with E-state index in [9.17, 15) is 0 Å². The Bertz CT molecular complexity index is 347. The lowest BCUT2D eigenvalue weighted by molar-refractivity contribution is -0.323. The highest BCUT2D eigenvalue weighted by Gasteiger charge is 2.57. The van der Waals surface area contributed by atoms with E-state index in [0.717, 1.165) is 12.8 Å². The van der Waals surface area contributed by atoms with Gasteiger partial charge >= 0.3 is 0 Å². The predicted molar refractivity (Wildman–Crippen MR) is 92.5 cm³/mol. The van der Waals surface area contributed by atoms with Crippen molar-refractivity contribution >= 4 is 0 Å². The summed E-state index contributed by atoms with van der Waals surface area (Å²) in [5.74, 6) is -0.512. The molecule has 1 atom stereocenters. The zero-order valence-electron chi connectivity index (χ0n) is 15.4. The van der Waals surface area contributed by atoms with Gasteiger partial charge in [0.2, 0.25) is 0 Å². The minimum absolute atomic E-state index is 0.0406. The molecule has 0 aromatic heterocycles. The predicted octanol–water partition coefficient (Wildman–Crippen LogP) is 5.22. The Morgan fingerprint density at radius 1 is 0.696 bits per heavy atom. The van der Waals surface area contributed by atoms with Crippen molar-refractivity contribution in [3.63, 3.8) is 0 Å². The average molecular weight is 325 g/mol. The van der Waals surface area contributed by atoms with Gasteiger partial charge in [-0.05, 0) is 37.5 Å². The van der Waals surface area contributed by atoms with Gasteiger partial charge in [-0.25, -0.2) is 0 Å². The SMILES string of the molecule is COC1C(C)(C)CCC1(OC1CCCCC1)OC1CCCCC1. The van der Waals surface area contributed by atoms with Crippen LogP contribution in [0.4, 0.5) is 0 Å². The fraction of sp³-hybridized carbons (Fsp3) is 1.00. The molecule has 134 valence electrons. The molecule has 0 aromatic carbocycles. The summed E-state index contributed by atoms with van der Waals surface area (Å²) in [7, 11) is 1.83. The molecule has 0 N–H and O–H groups in total. The summed E-state index contributed by atoms with van der Waals surface area (Å²) in [6.45, 7) is 4.61. The molecule has 0 bridgehead atoms. The summed E-state index contributed by atoms with van der Waals surface area (Å²) in [4.78, 5) is 0. The lowest BCUT2D eigenvalue weighted by Crippen LogP contribution is -2.52. The molecule has 3 rings (SSSR count). The third kappa shape index (κ3) is 3.93. The molecule has 3 saturated carbocycles.